The summed E-state index contributed by atoms with van der Waals surface area (Å²) < 4.78 is 46.0. The van der Waals surface area contributed by atoms with Crippen molar-refractivity contribution in [3.8, 4) is 6.07 Å². The minimum atomic E-state index is -4.62. The molecule has 2 aliphatic heterocycles. The van der Waals surface area contributed by atoms with E-state index in [1.807, 2.05) is 11.8 Å². The molecule has 3 heterocycles. The number of hydrogen-bond acceptors (Lipinski definition) is 6. The summed E-state index contributed by atoms with van der Waals surface area (Å²) in [6.07, 6.45) is -3.40. The molecule has 2 saturated heterocycles. The Morgan fingerprint density at radius 3 is 2.55 bits per heavy atom. The molecule has 6 nitrogen and oxygen atoms in total. The predicted molar refractivity (Wildman–Crippen MR) is 99.3 cm³/mol. The molecule has 1 aromatic heterocycles. The van der Waals surface area contributed by atoms with Gasteiger partial charge < -0.3 is 14.5 Å². The number of piperidine rings is 1. The van der Waals surface area contributed by atoms with E-state index < -0.39 is 17.3 Å². The van der Waals surface area contributed by atoms with E-state index in [0.717, 1.165) is 12.5 Å². The van der Waals surface area contributed by atoms with Gasteiger partial charge >= 0.3 is 12.1 Å². The Balaban J connectivity index is 1.57. The molecule has 1 saturated carbocycles. The number of carbonyl (C=O) groups is 1. The zero-order valence-corrected chi connectivity index (χ0v) is 16.4. The number of aromatic nitrogens is 1. The van der Waals surface area contributed by atoms with Gasteiger partial charge in [-0.2, -0.15) is 18.4 Å². The maximum absolute atomic E-state index is 13.7. The molecule has 0 unspecified atom stereocenters. The van der Waals surface area contributed by atoms with Gasteiger partial charge in [0.05, 0.1) is 12.2 Å². The lowest BCUT2D eigenvalue weighted by Gasteiger charge is -2.41. The maximum atomic E-state index is 13.7. The van der Waals surface area contributed by atoms with Crippen molar-refractivity contribution in [2.45, 2.75) is 38.9 Å². The van der Waals surface area contributed by atoms with Crippen molar-refractivity contribution in [2.24, 2.45) is 17.8 Å². The van der Waals surface area contributed by atoms with Crippen molar-refractivity contribution in [1.29, 1.82) is 5.26 Å². The van der Waals surface area contributed by atoms with Crippen molar-refractivity contribution in [2.75, 3.05) is 36.0 Å². The Morgan fingerprint density at radius 2 is 2.07 bits per heavy atom. The molecule has 0 amide bonds. The van der Waals surface area contributed by atoms with Gasteiger partial charge in [-0.1, -0.05) is 0 Å². The fourth-order valence-corrected chi connectivity index (χ4v) is 4.60. The first-order valence-electron chi connectivity index (χ1n) is 9.94. The molecular formula is C20H23F3N4O2. The standard InChI is InChI=1S/C20H23F3N4O2/c1-3-29-18(28)6-12-14-9-26(10-15(12)14)17-7-16(20(21,22)23)13(8-24)19(25-17)27-5-4-11(27)2/h7,11-12,14-15H,3-6,9-10H2,1-2H3/t11-,12-,14-,15+/m0/s1. The van der Waals surface area contributed by atoms with Crippen molar-refractivity contribution in [3.05, 3.63) is 17.2 Å². The average Bonchev–Trinajstić information content (AvgIpc) is 3.08. The van der Waals surface area contributed by atoms with E-state index in [4.69, 9.17) is 4.74 Å². The summed E-state index contributed by atoms with van der Waals surface area (Å²) in [7, 11) is 0. The van der Waals surface area contributed by atoms with Gasteiger partial charge in [-0.25, -0.2) is 4.98 Å². The maximum Gasteiger partial charge on any atom is 0.417 e. The number of fused-ring (bicyclic) bond motifs is 1. The van der Waals surface area contributed by atoms with Crippen LogP contribution in [0.2, 0.25) is 0 Å². The van der Waals surface area contributed by atoms with Crippen molar-refractivity contribution < 1.29 is 22.7 Å². The number of ether oxygens (including phenoxy) is 1. The van der Waals surface area contributed by atoms with Crippen LogP contribution in [-0.4, -0.2) is 43.2 Å². The summed E-state index contributed by atoms with van der Waals surface area (Å²) in [5, 5.41) is 9.41. The third-order valence-corrected chi connectivity index (χ3v) is 6.40. The lowest BCUT2D eigenvalue weighted by Crippen LogP contribution is -2.47. The van der Waals surface area contributed by atoms with Gasteiger partial charge in [-0.05, 0) is 44.1 Å². The number of nitriles is 1. The molecule has 0 spiro atoms. The Morgan fingerprint density at radius 1 is 1.38 bits per heavy atom. The smallest absolute Gasteiger partial charge is 0.417 e. The van der Waals surface area contributed by atoms with E-state index in [2.05, 4.69) is 4.98 Å². The van der Waals surface area contributed by atoms with Crippen LogP contribution >= 0.6 is 0 Å². The minimum Gasteiger partial charge on any atom is -0.466 e. The van der Waals surface area contributed by atoms with Crippen LogP contribution in [0.3, 0.4) is 0 Å². The molecule has 3 aliphatic rings. The highest BCUT2D eigenvalue weighted by molar-refractivity contribution is 5.70. The summed E-state index contributed by atoms with van der Waals surface area (Å²) >= 11 is 0. The summed E-state index contributed by atoms with van der Waals surface area (Å²) in [5.74, 6) is 0.950. The van der Waals surface area contributed by atoms with E-state index >= 15 is 0 Å². The second kappa shape index (κ2) is 7.08. The fourth-order valence-electron chi connectivity index (χ4n) is 4.60. The van der Waals surface area contributed by atoms with Gasteiger partial charge in [0.25, 0.3) is 0 Å². The quantitative estimate of drug-likeness (QED) is 0.697. The van der Waals surface area contributed by atoms with Crippen LogP contribution in [0, 0.1) is 29.1 Å². The van der Waals surface area contributed by atoms with Gasteiger partial charge in [-0.15, -0.1) is 0 Å². The minimum absolute atomic E-state index is 0.0619. The molecule has 156 valence electrons. The van der Waals surface area contributed by atoms with E-state index in [0.29, 0.717) is 32.7 Å². The van der Waals surface area contributed by atoms with Crippen LogP contribution < -0.4 is 9.80 Å². The largest absolute Gasteiger partial charge is 0.466 e. The molecule has 0 N–H and O–H groups in total. The first kappa shape index (κ1) is 19.8. The number of esters is 1. The Labute approximate surface area is 167 Å². The second-order valence-corrected chi connectivity index (χ2v) is 8.07. The summed E-state index contributed by atoms with van der Waals surface area (Å²) in [6.45, 7) is 5.76. The molecule has 1 aliphatic carbocycles. The number of alkyl halides is 3. The molecule has 3 fully saturated rings. The third kappa shape index (κ3) is 3.49. The Bertz CT molecular complexity index is 855. The van der Waals surface area contributed by atoms with Gasteiger partial charge in [0.1, 0.15) is 23.3 Å². The molecule has 0 radical (unpaired) electrons. The number of hydrogen-bond donors (Lipinski definition) is 0. The highest BCUT2D eigenvalue weighted by Crippen LogP contribution is 2.54. The Hall–Kier alpha value is -2.50. The normalized spacial score (nSPS) is 27.9. The summed E-state index contributed by atoms with van der Waals surface area (Å²) in [5.41, 5.74) is -1.33. The van der Waals surface area contributed by atoms with Crippen LogP contribution in [0.5, 0.6) is 0 Å². The molecule has 4 rings (SSSR count). The van der Waals surface area contributed by atoms with E-state index in [-0.39, 0.29) is 41.4 Å². The Kier molecular flexibility index (Phi) is 4.83. The predicted octanol–water partition coefficient (Wildman–Crippen LogP) is 3.21. The summed E-state index contributed by atoms with van der Waals surface area (Å²) in [4.78, 5) is 19.8. The van der Waals surface area contributed by atoms with Crippen LogP contribution in [0.4, 0.5) is 24.8 Å². The third-order valence-electron chi connectivity index (χ3n) is 6.40. The highest BCUT2D eigenvalue weighted by Gasteiger charge is 2.56. The average molecular weight is 408 g/mol. The van der Waals surface area contributed by atoms with E-state index in [9.17, 15) is 23.2 Å². The molecule has 0 bridgehead atoms. The van der Waals surface area contributed by atoms with Crippen LogP contribution in [0.15, 0.2) is 6.07 Å². The first-order chi connectivity index (χ1) is 13.7. The number of anilines is 2. The fraction of sp³-hybridized carbons (Fsp3) is 0.650. The molecular weight excluding hydrogens is 385 g/mol. The zero-order chi connectivity index (χ0) is 20.9. The number of nitrogens with zero attached hydrogens (tertiary/aromatic N) is 4. The highest BCUT2D eigenvalue weighted by atomic mass is 19.4. The van der Waals surface area contributed by atoms with Crippen molar-refractivity contribution in [1.82, 2.24) is 4.98 Å². The SMILES string of the molecule is CCOC(=O)C[C@@H]1[C@H]2CN(c3cc(C(F)(F)F)c(C#N)c(N4CC[C@@H]4C)n3)C[C@@H]12. The first-order valence-corrected chi connectivity index (χ1v) is 9.94. The molecule has 1 aromatic rings. The van der Waals surface area contributed by atoms with Gasteiger partial charge in [0.2, 0.25) is 0 Å². The van der Waals surface area contributed by atoms with Crippen molar-refractivity contribution in [3.63, 3.8) is 0 Å². The van der Waals surface area contributed by atoms with Crippen molar-refractivity contribution >= 4 is 17.6 Å². The lowest BCUT2D eigenvalue weighted by atomic mass is 10.0. The molecule has 9 heteroatoms. The lowest BCUT2D eigenvalue weighted by molar-refractivity contribution is -0.143. The van der Waals surface area contributed by atoms with Crippen LogP contribution in [-0.2, 0) is 15.7 Å². The number of rotatable bonds is 5. The van der Waals surface area contributed by atoms with Crippen LogP contribution in [0.1, 0.15) is 37.8 Å². The topological polar surface area (TPSA) is 69.5 Å². The number of halogens is 3. The van der Waals surface area contributed by atoms with Gasteiger partial charge in [0.15, 0.2) is 0 Å². The number of pyridine rings is 1. The van der Waals surface area contributed by atoms with Gasteiger partial charge in [-0.3, -0.25) is 4.79 Å². The van der Waals surface area contributed by atoms with Crippen LogP contribution in [0.25, 0.3) is 0 Å². The number of carbonyl (C=O) groups excluding carboxylic acids is 1. The van der Waals surface area contributed by atoms with E-state index in [1.165, 1.54) is 0 Å². The molecule has 0 aromatic carbocycles. The molecule has 29 heavy (non-hydrogen) atoms. The molecule has 4 atom stereocenters. The zero-order valence-electron chi connectivity index (χ0n) is 16.4. The second-order valence-electron chi connectivity index (χ2n) is 8.07. The van der Waals surface area contributed by atoms with Gasteiger partial charge in [0, 0.05) is 32.1 Å². The monoisotopic (exact) mass is 408 g/mol. The van der Waals surface area contributed by atoms with E-state index in [1.54, 1.807) is 17.9 Å². The summed E-state index contributed by atoms with van der Waals surface area (Å²) in [6, 6.07) is 2.78.